The SMILES string of the molecule is CC(CC1CCCN1)NCc1ccncc1. The molecule has 0 aromatic carbocycles. The number of pyridine rings is 1. The van der Waals surface area contributed by atoms with Crippen molar-refractivity contribution >= 4 is 0 Å². The first-order chi connectivity index (χ1) is 7.84. The molecule has 1 aromatic heterocycles. The average molecular weight is 219 g/mol. The van der Waals surface area contributed by atoms with E-state index < -0.39 is 0 Å². The minimum atomic E-state index is 0.573. The summed E-state index contributed by atoms with van der Waals surface area (Å²) in [5, 5.41) is 7.09. The van der Waals surface area contributed by atoms with Crippen LogP contribution in [0.1, 0.15) is 31.7 Å². The molecule has 2 N–H and O–H groups in total. The molecule has 3 heteroatoms. The van der Waals surface area contributed by atoms with Gasteiger partial charge in [0.2, 0.25) is 0 Å². The Bertz CT molecular complexity index is 293. The Labute approximate surface area is 97.7 Å². The van der Waals surface area contributed by atoms with Gasteiger partial charge in [-0.15, -0.1) is 0 Å². The van der Waals surface area contributed by atoms with E-state index in [9.17, 15) is 0 Å². The second-order valence-electron chi connectivity index (χ2n) is 4.67. The topological polar surface area (TPSA) is 37.0 Å². The van der Waals surface area contributed by atoms with Crippen molar-refractivity contribution in [2.75, 3.05) is 6.54 Å². The van der Waals surface area contributed by atoms with Crippen LogP contribution < -0.4 is 10.6 Å². The van der Waals surface area contributed by atoms with Crippen molar-refractivity contribution in [3.63, 3.8) is 0 Å². The summed E-state index contributed by atoms with van der Waals surface area (Å²) < 4.78 is 0. The highest BCUT2D eigenvalue weighted by Crippen LogP contribution is 2.11. The smallest absolute Gasteiger partial charge is 0.0271 e. The van der Waals surface area contributed by atoms with Crippen molar-refractivity contribution in [1.82, 2.24) is 15.6 Å². The first-order valence-corrected chi connectivity index (χ1v) is 6.20. The lowest BCUT2D eigenvalue weighted by Gasteiger charge is -2.18. The van der Waals surface area contributed by atoms with E-state index in [1.165, 1.54) is 31.4 Å². The summed E-state index contributed by atoms with van der Waals surface area (Å²) in [4.78, 5) is 4.02. The Kier molecular flexibility index (Phi) is 4.31. The van der Waals surface area contributed by atoms with Crippen LogP contribution in [0.4, 0.5) is 0 Å². The van der Waals surface area contributed by atoms with Crippen molar-refractivity contribution in [1.29, 1.82) is 0 Å². The molecule has 0 amide bonds. The highest BCUT2D eigenvalue weighted by atomic mass is 15.0. The Morgan fingerprint density at radius 3 is 3.00 bits per heavy atom. The van der Waals surface area contributed by atoms with E-state index in [2.05, 4.69) is 34.7 Å². The lowest BCUT2D eigenvalue weighted by atomic mass is 10.1. The molecule has 2 rings (SSSR count). The average Bonchev–Trinajstić information content (AvgIpc) is 2.81. The normalized spacial score (nSPS) is 22.2. The molecule has 0 saturated carbocycles. The number of rotatable bonds is 5. The van der Waals surface area contributed by atoms with Crippen LogP contribution in [0.5, 0.6) is 0 Å². The maximum atomic E-state index is 4.02. The van der Waals surface area contributed by atoms with Crippen LogP contribution in [0.15, 0.2) is 24.5 Å². The predicted molar refractivity (Wildman–Crippen MR) is 66.2 cm³/mol. The molecular formula is C13H21N3. The zero-order valence-electron chi connectivity index (χ0n) is 9.95. The first kappa shape index (κ1) is 11.6. The van der Waals surface area contributed by atoms with Gasteiger partial charge in [0.05, 0.1) is 0 Å². The van der Waals surface area contributed by atoms with Gasteiger partial charge in [0.1, 0.15) is 0 Å². The van der Waals surface area contributed by atoms with Crippen molar-refractivity contribution in [3.8, 4) is 0 Å². The lowest BCUT2D eigenvalue weighted by Crippen LogP contribution is -2.33. The molecular weight excluding hydrogens is 198 g/mol. The van der Waals surface area contributed by atoms with Gasteiger partial charge in [-0.2, -0.15) is 0 Å². The Hall–Kier alpha value is -0.930. The molecule has 1 aliphatic rings. The van der Waals surface area contributed by atoms with Gasteiger partial charge in [-0.05, 0) is 50.4 Å². The Morgan fingerprint density at radius 1 is 1.50 bits per heavy atom. The first-order valence-electron chi connectivity index (χ1n) is 6.20. The summed E-state index contributed by atoms with van der Waals surface area (Å²) in [6.07, 6.45) is 7.59. The van der Waals surface area contributed by atoms with E-state index in [1.54, 1.807) is 0 Å². The van der Waals surface area contributed by atoms with Crippen molar-refractivity contribution in [3.05, 3.63) is 30.1 Å². The Morgan fingerprint density at radius 2 is 2.31 bits per heavy atom. The van der Waals surface area contributed by atoms with E-state index in [-0.39, 0.29) is 0 Å². The summed E-state index contributed by atoms with van der Waals surface area (Å²) in [6.45, 7) is 4.40. The van der Waals surface area contributed by atoms with E-state index in [0.717, 1.165) is 12.6 Å². The molecule has 0 aliphatic carbocycles. The van der Waals surface area contributed by atoms with Crippen LogP contribution in [-0.2, 0) is 6.54 Å². The molecule has 3 nitrogen and oxygen atoms in total. The molecule has 2 heterocycles. The quantitative estimate of drug-likeness (QED) is 0.791. The van der Waals surface area contributed by atoms with Gasteiger partial charge < -0.3 is 10.6 Å². The molecule has 2 unspecified atom stereocenters. The molecule has 2 atom stereocenters. The summed E-state index contributed by atoms with van der Waals surface area (Å²) in [7, 11) is 0. The summed E-state index contributed by atoms with van der Waals surface area (Å²) in [5.74, 6) is 0. The molecule has 0 radical (unpaired) electrons. The number of hydrogen-bond donors (Lipinski definition) is 2. The summed E-state index contributed by atoms with van der Waals surface area (Å²) in [5.41, 5.74) is 1.31. The van der Waals surface area contributed by atoms with Crippen molar-refractivity contribution < 1.29 is 0 Å². The second-order valence-corrected chi connectivity index (χ2v) is 4.67. The van der Waals surface area contributed by atoms with Gasteiger partial charge in [-0.25, -0.2) is 0 Å². The number of aromatic nitrogens is 1. The van der Waals surface area contributed by atoms with Gasteiger partial charge in [-0.1, -0.05) is 0 Å². The summed E-state index contributed by atoms with van der Waals surface area (Å²) in [6, 6.07) is 5.42. The minimum Gasteiger partial charge on any atom is -0.314 e. The van der Waals surface area contributed by atoms with E-state index in [0.29, 0.717) is 6.04 Å². The van der Waals surface area contributed by atoms with Gasteiger partial charge >= 0.3 is 0 Å². The van der Waals surface area contributed by atoms with Gasteiger partial charge in [0, 0.05) is 31.0 Å². The molecule has 1 aromatic rings. The number of hydrogen-bond acceptors (Lipinski definition) is 3. The van der Waals surface area contributed by atoms with Crippen molar-refractivity contribution in [2.24, 2.45) is 0 Å². The largest absolute Gasteiger partial charge is 0.314 e. The van der Waals surface area contributed by atoms with Crippen LogP contribution in [-0.4, -0.2) is 23.6 Å². The minimum absolute atomic E-state index is 0.573. The van der Waals surface area contributed by atoms with Crippen LogP contribution in [0.3, 0.4) is 0 Å². The van der Waals surface area contributed by atoms with E-state index in [1.807, 2.05) is 12.4 Å². The zero-order chi connectivity index (χ0) is 11.2. The molecule has 1 aliphatic heterocycles. The molecule has 0 bridgehead atoms. The van der Waals surface area contributed by atoms with Crippen LogP contribution in [0.25, 0.3) is 0 Å². The van der Waals surface area contributed by atoms with Crippen LogP contribution >= 0.6 is 0 Å². The summed E-state index contributed by atoms with van der Waals surface area (Å²) >= 11 is 0. The Balaban J connectivity index is 1.69. The third kappa shape index (κ3) is 3.58. The molecule has 0 spiro atoms. The zero-order valence-corrected chi connectivity index (χ0v) is 9.95. The monoisotopic (exact) mass is 219 g/mol. The second kappa shape index (κ2) is 5.97. The molecule has 88 valence electrons. The predicted octanol–water partition coefficient (Wildman–Crippen LogP) is 1.70. The number of nitrogens with one attached hydrogen (secondary N) is 2. The maximum Gasteiger partial charge on any atom is 0.0271 e. The lowest BCUT2D eigenvalue weighted by molar-refractivity contribution is 0.440. The highest BCUT2D eigenvalue weighted by molar-refractivity contribution is 5.09. The fourth-order valence-electron chi connectivity index (χ4n) is 2.26. The van der Waals surface area contributed by atoms with E-state index in [4.69, 9.17) is 0 Å². The van der Waals surface area contributed by atoms with Gasteiger partial charge in [0.25, 0.3) is 0 Å². The third-order valence-corrected chi connectivity index (χ3v) is 3.20. The fraction of sp³-hybridized carbons (Fsp3) is 0.615. The molecule has 1 fully saturated rings. The van der Waals surface area contributed by atoms with Crippen LogP contribution in [0, 0.1) is 0 Å². The molecule has 1 saturated heterocycles. The highest BCUT2D eigenvalue weighted by Gasteiger charge is 2.16. The van der Waals surface area contributed by atoms with E-state index >= 15 is 0 Å². The van der Waals surface area contributed by atoms with Gasteiger partial charge in [0.15, 0.2) is 0 Å². The fourth-order valence-corrected chi connectivity index (χ4v) is 2.26. The maximum absolute atomic E-state index is 4.02. The third-order valence-electron chi connectivity index (χ3n) is 3.20. The van der Waals surface area contributed by atoms with Crippen LogP contribution in [0.2, 0.25) is 0 Å². The number of nitrogens with zero attached hydrogens (tertiary/aromatic N) is 1. The van der Waals surface area contributed by atoms with Gasteiger partial charge in [-0.3, -0.25) is 4.98 Å². The van der Waals surface area contributed by atoms with Crippen molar-refractivity contribution in [2.45, 2.75) is 44.8 Å². The standard InChI is InChI=1S/C13H21N3/c1-11(9-13-3-2-6-15-13)16-10-12-4-7-14-8-5-12/h4-5,7-8,11,13,15-16H,2-3,6,9-10H2,1H3. The molecule has 16 heavy (non-hydrogen) atoms.